The molecule has 0 spiro atoms. The van der Waals surface area contributed by atoms with E-state index in [9.17, 15) is 4.79 Å². The van der Waals surface area contributed by atoms with Crippen LogP contribution in [0.5, 0.6) is 0 Å². The number of pyridine rings is 1. The summed E-state index contributed by atoms with van der Waals surface area (Å²) in [5.41, 5.74) is 3.39. The zero-order valence-electron chi connectivity index (χ0n) is 13.7. The SMILES string of the molecule is CCOC(=O)c1cc(-c2ccc(C)cn2)n(-c2ccc(C)nn2)n1. The average molecular weight is 323 g/mol. The van der Waals surface area contributed by atoms with Gasteiger partial charge in [-0.15, -0.1) is 5.10 Å². The first-order valence-electron chi connectivity index (χ1n) is 7.59. The van der Waals surface area contributed by atoms with Crippen molar-refractivity contribution in [3.05, 3.63) is 53.5 Å². The topological polar surface area (TPSA) is 82.8 Å². The van der Waals surface area contributed by atoms with Crippen LogP contribution in [0.4, 0.5) is 0 Å². The van der Waals surface area contributed by atoms with Gasteiger partial charge in [-0.1, -0.05) is 6.07 Å². The molecule has 3 aromatic rings. The molecule has 0 atom stereocenters. The van der Waals surface area contributed by atoms with Gasteiger partial charge in [-0.2, -0.15) is 10.2 Å². The molecule has 0 saturated carbocycles. The second kappa shape index (κ2) is 6.57. The van der Waals surface area contributed by atoms with Crippen molar-refractivity contribution < 1.29 is 9.53 Å². The zero-order valence-corrected chi connectivity index (χ0v) is 13.7. The number of aromatic nitrogens is 5. The number of carbonyl (C=O) groups is 1. The largest absolute Gasteiger partial charge is 0.461 e. The van der Waals surface area contributed by atoms with Crippen molar-refractivity contribution in [3.8, 4) is 17.2 Å². The summed E-state index contributed by atoms with van der Waals surface area (Å²) in [6.45, 7) is 5.85. The molecular formula is C17H17N5O2. The van der Waals surface area contributed by atoms with Gasteiger partial charge < -0.3 is 4.74 Å². The molecule has 0 amide bonds. The lowest BCUT2D eigenvalue weighted by Crippen LogP contribution is -2.08. The molecule has 0 fully saturated rings. The first-order chi connectivity index (χ1) is 11.6. The van der Waals surface area contributed by atoms with E-state index < -0.39 is 5.97 Å². The van der Waals surface area contributed by atoms with Crippen LogP contribution in [0.1, 0.15) is 28.7 Å². The highest BCUT2D eigenvalue weighted by Gasteiger charge is 2.19. The van der Waals surface area contributed by atoms with Crippen LogP contribution in [0.3, 0.4) is 0 Å². The minimum atomic E-state index is -0.482. The van der Waals surface area contributed by atoms with E-state index in [4.69, 9.17) is 4.74 Å². The van der Waals surface area contributed by atoms with Crippen LogP contribution in [-0.4, -0.2) is 37.5 Å². The summed E-state index contributed by atoms with van der Waals surface area (Å²) in [5.74, 6) is 0.0261. The number of hydrogen-bond acceptors (Lipinski definition) is 6. The molecule has 3 heterocycles. The molecule has 0 aliphatic rings. The summed E-state index contributed by atoms with van der Waals surface area (Å²) in [6.07, 6.45) is 1.76. The van der Waals surface area contributed by atoms with Gasteiger partial charge in [0.2, 0.25) is 0 Å². The van der Waals surface area contributed by atoms with E-state index in [2.05, 4.69) is 20.3 Å². The van der Waals surface area contributed by atoms with Crippen LogP contribution in [0, 0.1) is 13.8 Å². The van der Waals surface area contributed by atoms with Crippen LogP contribution in [0.25, 0.3) is 17.2 Å². The van der Waals surface area contributed by atoms with E-state index in [1.54, 1.807) is 29.9 Å². The molecule has 3 aromatic heterocycles. The fourth-order valence-corrected chi connectivity index (χ4v) is 2.17. The maximum atomic E-state index is 12.0. The predicted octanol–water partition coefficient (Wildman–Crippen LogP) is 2.52. The summed E-state index contributed by atoms with van der Waals surface area (Å²) >= 11 is 0. The average Bonchev–Trinajstić information content (AvgIpc) is 3.02. The Hall–Kier alpha value is -3.09. The van der Waals surface area contributed by atoms with Crippen molar-refractivity contribution in [1.82, 2.24) is 25.0 Å². The summed E-state index contributed by atoms with van der Waals surface area (Å²) in [7, 11) is 0. The molecule has 0 aliphatic carbocycles. The Morgan fingerprint density at radius 1 is 1.17 bits per heavy atom. The maximum Gasteiger partial charge on any atom is 0.358 e. The van der Waals surface area contributed by atoms with E-state index in [1.165, 1.54) is 0 Å². The fraction of sp³-hybridized carbons (Fsp3) is 0.235. The minimum absolute atomic E-state index is 0.205. The lowest BCUT2D eigenvalue weighted by Gasteiger charge is -2.05. The Morgan fingerprint density at radius 3 is 2.62 bits per heavy atom. The van der Waals surface area contributed by atoms with Crippen LogP contribution in [-0.2, 0) is 4.74 Å². The molecule has 7 nitrogen and oxygen atoms in total. The highest BCUT2D eigenvalue weighted by atomic mass is 16.5. The van der Waals surface area contributed by atoms with Crippen molar-refractivity contribution in [2.24, 2.45) is 0 Å². The smallest absolute Gasteiger partial charge is 0.358 e. The summed E-state index contributed by atoms with van der Waals surface area (Å²) in [5, 5.41) is 12.5. The van der Waals surface area contributed by atoms with Crippen molar-refractivity contribution in [2.45, 2.75) is 20.8 Å². The molecular weight excluding hydrogens is 306 g/mol. The number of aryl methyl sites for hydroxylation is 2. The number of esters is 1. The number of rotatable bonds is 4. The number of carbonyl (C=O) groups excluding carboxylic acids is 1. The van der Waals surface area contributed by atoms with Gasteiger partial charge in [0.1, 0.15) is 0 Å². The van der Waals surface area contributed by atoms with E-state index in [0.717, 1.165) is 11.3 Å². The third-order valence-corrected chi connectivity index (χ3v) is 3.37. The van der Waals surface area contributed by atoms with E-state index >= 15 is 0 Å². The third-order valence-electron chi connectivity index (χ3n) is 3.37. The molecule has 0 aliphatic heterocycles. The van der Waals surface area contributed by atoms with Crippen molar-refractivity contribution >= 4 is 5.97 Å². The molecule has 7 heteroatoms. The Kier molecular flexibility index (Phi) is 4.33. The monoisotopic (exact) mass is 323 g/mol. The van der Waals surface area contributed by atoms with E-state index in [-0.39, 0.29) is 12.3 Å². The molecule has 0 aromatic carbocycles. The van der Waals surface area contributed by atoms with Gasteiger partial charge in [0.05, 0.1) is 23.7 Å². The van der Waals surface area contributed by atoms with Gasteiger partial charge in [-0.05, 0) is 44.5 Å². The van der Waals surface area contributed by atoms with Gasteiger partial charge in [0.15, 0.2) is 11.5 Å². The fourth-order valence-electron chi connectivity index (χ4n) is 2.17. The highest BCUT2D eigenvalue weighted by Crippen LogP contribution is 2.22. The highest BCUT2D eigenvalue weighted by molar-refractivity contribution is 5.88. The molecule has 0 saturated heterocycles. The van der Waals surface area contributed by atoms with Gasteiger partial charge in [0.25, 0.3) is 0 Å². The van der Waals surface area contributed by atoms with E-state index in [1.807, 2.05) is 32.0 Å². The van der Waals surface area contributed by atoms with Crippen molar-refractivity contribution in [3.63, 3.8) is 0 Å². The zero-order chi connectivity index (χ0) is 17.1. The lowest BCUT2D eigenvalue weighted by molar-refractivity contribution is 0.0519. The summed E-state index contributed by atoms with van der Waals surface area (Å²) in [4.78, 5) is 16.4. The second-order valence-electron chi connectivity index (χ2n) is 5.30. The molecule has 24 heavy (non-hydrogen) atoms. The van der Waals surface area contributed by atoms with Gasteiger partial charge >= 0.3 is 5.97 Å². The van der Waals surface area contributed by atoms with Crippen molar-refractivity contribution in [2.75, 3.05) is 6.61 Å². The first-order valence-corrected chi connectivity index (χ1v) is 7.59. The molecule has 0 unspecified atom stereocenters. The van der Waals surface area contributed by atoms with Crippen molar-refractivity contribution in [1.29, 1.82) is 0 Å². The Labute approximate surface area is 139 Å². The number of ether oxygens (including phenoxy) is 1. The molecule has 122 valence electrons. The van der Waals surface area contributed by atoms with Crippen LogP contribution >= 0.6 is 0 Å². The summed E-state index contributed by atoms with van der Waals surface area (Å²) in [6, 6.07) is 9.10. The molecule has 0 N–H and O–H groups in total. The number of nitrogens with zero attached hydrogens (tertiary/aromatic N) is 5. The summed E-state index contributed by atoms with van der Waals surface area (Å²) < 4.78 is 6.59. The maximum absolute atomic E-state index is 12.0. The van der Waals surface area contributed by atoms with Gasteiger partial charge in [-0.25, -0.2) is 9.48 Å². The first kappa shape index (κ1) is 15.8. The van der Waals surface area contributed by atoms with Gasteiger partial charge in [0, 0.05) is 12.3 Å². The third kappa shape index (κ3) is 3.15. The normalized spacial score (nSPS) is 10.6. The predicted molar refractivity (Wildman–Crippen MR) is 87.8 cm³/mol. The minimum Gasteiger partial charge on any atom is -0.461 e. The Bertz CT molecular complexity index is 791. The van der Waals surface area contributed by atoms with Gasteiger partial charge in [-0.3, -0.25) is 4.98 Å². The molecule has 0 radical (unpaired) electrons. The second-order valence-corrected chi connectivity index (χ2v) is 5.30. The molecule has 3 rings (SSSR count). The Morgan fingerprint density at radius 2 is 2.00 bits per heavy atom. The Balaban J connectivity index is 2.12. The standard InChI is InChI=1S/C17H17N5O2/c1-4-24-17(23)14-9-15(13-7-5-11(2)10-18-13)22(21-14)16-8-6-12(3)19-20-16/h5-10H,4H2,1-3H3. The quantitative estimate of drug-likeness (QED) is 0.686. The lowest BCUT2D eigenvalue weighted by atomic mass is 10.2. The van der Waals surface area contributed by atoms with E-state index in [0.29, 0.717) is 17.2 Å². The van der Waals surface area contributed by atoms with Crippen LogP contribution in [0.15, 0.2) is 36.5 Å². The number of hydrogen-bond donors (Lipinski definition) is 0. The van der Waals surface area contributed by atoms with Crippen LogP contribution in [0.2, 0.25) is 0 Å². The van der Waals surface area contributed by atoms with Crippen LogP contribution < -0.4 is 0 Å². The molecule has 0 bridgehead atoms.